The van der Waals surface area contributed by atoms with Gasteiger partial charge in [0.15, 0.2) is 0 Å². The van der Waals surface area contributed by atoms with E-state index in [0.29, 0.717) is 5.56 Å². The summed E-state index contributed by atoms with van der Waals surface area (Å²) in [5.74, 6) is 1.46. The quantitative estimate of drug-likeness (QED) is 0.768. The zero-order chi connectivity index (χ0) is 18.6. The van der Waals surface area contributed by atoms with E-state index in [9.17, 15) is 4.79 Å². The molecule has 1 saturated heterocycles. The molecule has 7 nitrogen and oxygen atoms in total. The van der Waals surface area contributed by atoms with E-state index in [-0.39, 0.29) is 11.9 Å². The number of nitrogens with one attached hydrogen (secondary N) is 1. The summed E-state index contributed by atoms with van der Waals surface area (Å²) in [7, 11) is 0. The molecule has 0 saturated carbocycles. The Hall–Kier alpha value is -3.35. The number of aryl methyl sites for hydroxylation is 1. The Kier molecular flexibility index (Phi) is 4.74. The predicted octanol–water partition coefficient (Wildman–Crippen LogP) is 3.30. The van der Waals surface area contributed by atoms with Crippen LogP contribution in [0.4, 0.5) is 11.6 Å². The van der Waals surface area contributed by atoms with Gasteiger partial charge >= 0.3 is 0 Å². The van der Waals surface area contributed by atoms with Gasteiger partial charge < -0.3 is 10.2 Å². The molecule has 0 bridgehead atoms. The van der Waals surface area contributed by atoms with Gasteiger partial charge in [0, 0.05) is 18.4 Å². The molecule has 0 unspecified atom stereocenters. The van der Waals surface area contributed by atoms with Gasteiger partial charge in [-0.3, -0.25) is 4.79 Å². The van der Waals surface area contributed by atoms with Crippen LogP contribution in [0.1, 0.15) is 40.5 Å². The lowest BCUT2D eigenvalue weighted by molar-refractivity contribution is 0.0735. The molecule has 1 amide bonds. The lowest BCUT2D eigenvalue weighted by atomic mass is 10.1. The molecule has 3 aromatic heterocycles. The highest BCUT2D eigenvalue weighted by Gasteiger charge is 2.31. The minimum atomic E-state index is -0.0147. The van der Waals surface area contributed by atoms with Crippen molar-refractivity contribution in [3.63, 3.8) is 0 Å². The molecule has 0 aliphatic carbocycles. The van der Waals surface area contributed by atoms with Gasteiger partial charge in [-0.1, -0.05) is 6.07 Å². The lowest BCUT2D eigenvalue weighted by Gasteiger charge is -2.25. The summed E-state index contributed by atoms with van der Waals surface area (Å²) in [5.41, 5.74) is 2.57. The number of likely N-dealkylation sites (tertiary alicyclic amines) is 1. The standard InChI is InChI=1S/C20H20N6O/c1-14-4-2-6-18(24-14)25-19-12-15(7-9-21-19)17-5-3-11-26(17)20(27)16-8-10-22-23-13-16/h2,4,6-10,12-13,17H,3,5,11H2,1H3,(H,21,24,25)/t17-/m1/s1. The van der Waals surface area contributed by atoms with Crippen molar-refractivity contribution in [3.05, 3.63) is 71.8 Å². The van der Waals surface area contributed by atoms with E-state index >= 15 is 0 Å². The van der Waals surface area contributed by atoms with E-state index in [4.69, 9.17) is 0 Å². The highest BCUT2D eigenvalue weighted by Crippen LogP contribution is 2.33. The molecule has 0 radical (unpaired) electrons. The molecule has 1 fully saturated rings. The van der Waals surface area contributed by atoms with Crippen molar-refractivity contribution in [2.24, 2.45) is 0 Å². The maximum absolute atomic E-state index is 12.9. The van der Waals surface area contributed by atoms with Crippen molar-refractivity contribution in [2.75, 3.05) is 11.9 Å². The number of nitrogens with zero attached hydrogens (tertiary/aromatic N) is 5. The van der Waals surface area contributed by atoms with Crippen LogP contribution in [0.5, 0.6) is 0 Å². The molecule has 7 heteroatoms. The van der Waals surface area contributed by atoms with Crippen LogP contribution in [0, 0.1) is 6.92 Å². The molecule has 1 aliphatic rings. The fourth-order valence-electron chi connectivity index (χ4n) is 3.41. The van der Waals surface area contributed by atoms with Gasteiger partial charge in [0.1, 0.15) is 11.6 Å². The van der Waals surface area contributed by atoms with Crippen LogP contribution >= 0.6 is 0 Å². The zero-order valence-electron chi connectivity index (χ0n) is 15.0. The SMILES string of the molecule is Cc1cccc(Nc2cc([C@H]3CCCN3C(=O)c3ccnnc3)ccn2)n1. The second-order valence-electron chi connectivity index (χ2n) is 6.55. The summed E-state index contributed by atoms with van der Waals surface area (Å²) in [6, 6.07) is 11.5. The molecule has 3 aromatic rings. The van der Waals surface area contributed by atoms with Crippen molar-refractivity contribution >= 4 is 17.5 Å². The van der Waals surface area contributed by atoms with Gasteiger partial charge in [0.05, 0.1) is 24.0 Å². The third-order valence-corrected chi connectivity index (χ3v) is 4.66. The molecule has 27 heavy (non-hydrogen) atoms. The Morgan fingerprint density at radius 2 is 2.07 bits per heavy atom. The number of aromatic nitrogens is 4. The lowest BCUT2D eigenvalue weighted by Crippen LogP contribution is -2.30. The predicted molar refractivity (Wildman–Crippen MR) is 102 cm³/mol. The Morgan fingerprint density at radius 1 is 1.15 bits per heavy atom. The molecule has 4 heterocycles. The van der Waals surface area contributed by atoms with E-state index in [1.165, 1.54) is 6.20 Å². The third kappa shape index (κ3) is 3.76. The van der Waals surface area contributed by atoms with Crippen molar-refractivity contribution in [1.29, 1.82) is 0 Å². The molecule has 1 atom stereocenters. The third-order valence-electron chi connectivity index (χ3n) is 4.66. The van der Waals surface area contributed by atoms with Crippen LogP contribution in [0.25, 0.3) is 0 Å². The minimum absolute atomic E-state index is 0.0147. The number of carbonyl (C=O) groups is 1. The molecule has 0 spiro atoms. The number of amides is 1. The molecular formula is C20H20N6O. The summed E-state index contributed by atoms with van der Waals surface area (Å²) >= 11 is 0. The highest BCUT2D eigenvalue weighted by molar-refractivity contribution is 5.94. The molecule has 0 aromatic carbocycles. The van der Waals surface area contributed by atoms with Crippen LogP contribution in [-0.2, 0) is 0 Å². The largest absolute Gasteiger partial charge is 0.332 e. The first-order valence-corrected chi connectivity index (χ1v) is 8.95. The maximum atomic E-state index is 12.9. The number of carbonyl (C=O) groups excluding carboxylic acids is 1. The van der Waals surface area contributed by atoms with E-state index in [0.717, 1.165) is 42.3 Å². The van der Waals surface area contributed by atoms with Crippen LogP contribution < -0.4 is 5.32 Å². The molecule has 1 aliphatic heterocycles. The van der Waals surface area contributed by atoms with Gasteiger partial charge in [0.25, 0.3) is 5.91 Å². The second-order valence-corrected chi connectivity index (χ2v) is 6.55. The summed E-state index contributed by atoms with van der Waals surface area (Å²) in [6.45, 7) is 2.68. The number of pyridine rings is 2. The molecule has 1 N–H and O–H groups in total. The first kappa shape index (κ1) is 17.1. The summed E-state index contributed by atoms with van der Waals surface area (Å²) in [4.78, 5) is 23.6. The van der Waals surface area contributed by atoms with Crippen molar-refractivity contribution in [3.8, 4) is 0 Å². The smallest absolute Gasteiger partial charge is 0.256 e. The average molecular weight is 360 g/mol. The molecule has 4 rings (SSSR count). The zero-order valence-corrected chi connectivity index (χ0v) is 15.0. The van der Waals surface area contributed by atoms with Gasteiger partial charge in [-0.15, -0.1) is 0 Å². The van der Waals surface area contributed by atoms with Crippen LogP contribution in [0.15, 0.2) is 55.0 Å². The monoisotopic (exact) mass is 360 g/mol. The Bertz CT molecular complexity index is 946. The topological polar surface area (TPSA) is 83.9 Å². The van der Waals surface area contributed by atoms with E-state index in [1.807, 2.05) is 42.2 Å². The van der Waals surface area contributed by atoms with Crippen molar-refractivity contribution in [1.82, 2.24) is 25.1 Å². The van der Waals surface area contributed by atoms with E-state index < -0.39 is 0 Å². The van der Waals surface area contributed by atoms with E-state index in [1.54, 1.807) is 18.5 Å². The first-order valence-electron chi connectivity index (χ1n) is 8.95. The fraction of sp³-hybridized carbons (Fsp3) is 0.250. The van der Waals surface area contributed by atoms with Crippen LogP contribution in [0.3, 0.4) is 0 Å². The average Bonchev–Trinajstić information content (AvgIpc) is 3.18. The van der Waals surface area contributed by atoms with E-state index in [2.05, 4.69) is 25.5 Å². The number of hydrogen-bond donors (Lipinski definition) is 1. The summed E-state index contributed by atoms with van der Waals surface area (Å²) < 4.78 is 0. The Labute approximate surface area is 157 Å². The summed E-state index contributed by atoms with van der Waals surface area (Å²) in [5, 5.41) is 10.8. The van der Waals surface area contributed by atoms with Crippen LogP contribution in [0.2, 0.25) is 0 Å². The highest BCUT2D eigenvalue weighted by atomic mass is 16.2. The van der Waals surface area contributed by atoms with Crippen LogP contribution in [-0.4, -0.2) is 37.5 Å². The Balaban J connectivity index is 1.56. The molecular weight excluding hydrogens is 340 g/mol. The van der Waals surface area contributed by atoms with Gasteiger partial charge in [-0.25, -0.2) is 9.97 Å². The number of rotatable bonds is 4. The van der Waals surface area contributed by atoms with Crippen molar-refractivity contribution < 1.29 is 4.79 Å². The number of anilines is 2. The first-order chi connectivity index (χ1) is 13.2. The summed E-state index contributed by atoms with van der Waals surface area (Å²) in [6.07, 6.45) is 6.72. The van der Waals surface area contributed by atoms with Gasteiger partial charge in [0.2, 0.25) is 0 Å². The number of hydrogen-bond acceptors (Lipinski definition) is 6. The Morgan fingerprint density at radius 3 is 2.89 bits per heavy atom. The fourth-order valence-corrected chi connectivity index (χ4v) is 3.41. The van der Waals surface area contributed by atoms with Crippen molar-refractivity contribution in [2.45, 2.75) is 25.8 Å². The van der Waals surface area contributed by atoms with Gasteiger partial charge in [-0.05, 0) is 55.7 Å². The molecule has 136 valence electrons. The minimum Gasteiger partial charge on any atom is -0.332 e. The second kappa shape index (κ2) is 7.49. The normalized spacial score (nSPS) is 16.3. The maximum Gasteiger partial charge on any atom is 0.256 e. The van der Waals surface area contributed by atoms with Gasteiger partial charge in [-0.2, -0.15) is 10.2 Å².